The maximum absolute atomic E-state index is 12.5. The standard InChI is InChI=1S/C19H18N2O4S/c1-12-3-5-14(6-4-12)18-11-17(13(2)25-18)19(22)21-15-7-9-16(10-8-15)26(20,23)24/h3-11H,1-2H3,(H,21,22)(H2,20,23,24). The molecule has 134 valence electrons. The van der Waals surface area contributed by atoms with Crippen molar-refractivity contribution in [3.63, 3.8) is 0 Å². The highest BCUT2D eigenvalue weighted by Crippen LogP contribution is 2.26. The minimum atomic E-state index is -3.77. The average molecular weight is 370 g/mol. The third-order valence-electron chi connectivity index (χ3n) is 3.94. The zero-order valence-corrected chi connectivity index (χ0v) is 15.1. The van der Waals surface area contributed by atoms with Crippen LogP contribution in [-0.2, 0) is 10.0 Å². The van der Waals surface area contributed by atoms with Gasteiger partial charge in [0.15, 0.2) is 0 Å². The first-order chi connectivity index (χ1) is 12.2. The van der Waals surface area contributed by atoms with Gasteiger partial charge in [0.25, 0.3) is 5.91 Å². The van der Waals surface area contributed by atoms with E-state index in [1.165, 1.54) is 24.3 Å². The summed E-state index contributed by atoms with van der Waals surface area (Å²) >= 11 is 0. The number of hydrogen-bond acceptors (Lipinski definition) is 4. The van der Waals surface area contributed by atoms with Gasteiger partial charge in [-0.3, -0.25) is 4.79 Å². The van der Waals surface area contributed by atoms with Gasteiger partial charge >= 0.3 is 0 Å². The molecule has 0 spiro atoms. The van der Waals surface area contributed by atoms with Crippen molar-refractivity contribution in [2.75, 3.05) is 5.32 Å². The van der Waals surface area contributed by atoms with Crippen LogP contribution in [0.3, 0.4) is 0 Å². The fourth-order valence-corrected chi connectivity index (χ4v) is 3.01. The van der Waals surface area contributed by atoms with Crippen molar-refractivity contribution in [1.29, 1.82) is 0 Å². The largest absolute Gasteiger partial charge is 0.461 e. The highest BCUT2D eigenvalue weighted by molar-refractivity contribution is 7.89. The van der Waals surface area contributed by atoms with Crippen molar-refractivity contribution >= 4 is 21.6 Å². The number of furan rings is 1. The molecule has 0 aliphatic carbocycles. The summed E-state index contributed by atoms with van der Waals surface area (Å²) in [6, 6.07) is 15.1. The quantitative estimate of drug-likeness (QED) is 0.734. The van der Waals surface area contributed by atoms with Crippen LogP contribution in [0.4, 0.5) is 5.69 Å². The van der Waals surface area contributed by atoms with Crippen LogP contribution in [0.15, 0.2) is 63.9 Å². The van der Waals surface area contributed by atoms with Crippen LogP contribution in [0.5, 0.6) is 0 Å². The lowest BCUT2D eigenvalue weighted by Crippen LogP contribution is -2.14. The van der Waals surface area contributed by atoms with Crippen LogP contribution >= 0.6 is 0 Å². The summed E-state index contributed by atoms with van der Waals surface area (Å²) in [5.41, 5.74) is 2.89. The number of anilines is 1. The number of benzene rings is 2. The summed E-state index contributed by atoms with van der Waals surface area (Å²) in [7, 11) is -3.77. The van der Waals surface area contributed by atoms with Crippen molar-refractivity contribution in [2.45, 2.75) is 18.7 Å². The Kier molecular flexibility index (Phi) is 4.67. The number of sulfonamides is 1. The first-order valence-electron chi connectivity index (χ1n) is 7.86. The number of nitrogens with one attached hydrogen (secondary N) is 1. The van der Waals surface area contributed by atoms with Crippen LogP contribution in [0.1, 0.15) is 21.7 Å². The molecular formula is C19H18N2O4S. The molecule has 3 aromatic rings. The fourth-order valence-electron chi connectivity index (χ4n) is 2.49. The molecule has 3 rings (SSSR count). The SMILES string of the molecule is Cc1ccc(-c2cc(C(=O)Nc3ccc(S(N)(=O)=O)cc3)c(C)o2)cc1. The number of amides is 1. The molecule has 0 radical (unpaired) electrons. The Hall–Kier alpha value is -2.90. The first-order valence-corrected chi connectivity index (χ1v) is 9.40. The van der Waals surface area contributed by atoms with E-state index in [1.807, 2.05) is 31.2 Å². The number of nitrogens with two attached hydrogens (primary N) is 1. The molecule has 0 aliphatic heterocycles. The first kappa shape index (κ1) is 17.9. The van der Waals surface area contributed by atoms with Crippen LogP contribution < -0.4 is 10.5 Å². The van der Waals surface area contributed by atoms with Gasteiger partial charge in [0.2, 0.25) is 10.0 Å². The molecule has 0 unspecified atom stereocenters. The van der Waals surface area contributed by atoms with Gasteiger partial charge in [0.1, 0.15) is 11.5 Å². The van der Waals surface area contributed by atoms with E-state index in [0.717, 1.165) is 11.1 Å². The predicted octanol–water partition coefficient (Wildman–Crippen LogP) is 3.46. The van der Waals surface area contributed by atoms with Gasteiger partial charge in [-0.2, -0.15) is 0 Å². The van der Waals surface area contributed by atoms with Gasteiger partial charge in [-0.15, -0.1) is 0 Å². The normalized spacial score (nSPS) is 11.3. The van der Waals surface area contributed by atoms with E-state index in [9.17, 15) is 13.2 Å². The molecule has 6 nitrogen and oxygen atoms in total. The van der Waals surface area contributed by atoms with Gasteiger partial charge in [0, 0.05) is 11.3 Å². The topological polar surface area (TPSA) is 102 Å². The third kappa shape index (κ3) is 3.84. The summed E-state index contributed by atoms with van der Waals surface area (Å²) in [6.45, 7) is 3.72. The molecule has 2 aromatic carbocycles. The summed E-state index contributed by atoms with van der Waals surface area (Å²) in [5, 5.41) is 7.78. The van der Waals surface area contributed by atoms with Crippen LogP contribution in [-0.4, -0.2) is 14.3 Å². The van der Waals surface area contributed by atoms with E-state index in [4.69, 9.17) is 9.56 Å². The summed E-state index contributed by atoms with van der Waals surface area (Å²) in [5.74, 6) is 0.768. The molecule has 0 fully saturated rings. The zero-order chi connectivity index (χ0) is 18.9. The Labute approximate surface area is 151 Å². The van der Waals surface area contributed by atoms with Crippen molar-refractivity contribution in [2.24, 2.45) is 5.14 Å². The Morgan fingerprint density at radius 3 is 2.19 bits per heavy atom. The molecule has 26 heavy (non-hydrogen) atoms. The highest BCUT2D eigenvalue weighted by atomic mass is 32.2. The van der Waals surface area contributed by atoms with Crippen LogP contribution in [0, 0.1) is 13.8 Å². The predicted molar refractivity (Wildman–Crippen MR) is 99.4 cm³/mol. The van der Waals surface area contributed by atoms with Gasteiger partial charge in [-0.1, -0.05) is 29.8 Å². The average Bonchev–Trinajstić information content (AvgIpc) is 2.97. The molecule has 0 saturated carbocycles. The Morgan fingerprint density at radius 2 is 1.62 bits per heavy atom. The number of carbonyl (C=O) groups is 1. The molecule has 7 heteroatoms. The zero-order valence-electron chi connectivity index (χ0n) is 14.3. The van der Waals surface area contributed by atoms with Crippen molar-refractivity contribution < 1.29 is 17.6 Å². The Morgan fingerprint density at radius 1 is 1.00 bits per heavy atom. The van der Waals surface area contributed by atoms with Gasteiger partial charge in [0.05, 0.1) is 10.5 Å². The second-order valence-corrected chi connectivity index (χ2v) is 7.53. The van der Waals surface area contributed by atoms with E-state index < -0.39 is 10.0 Å². The summed E-state index contributed by atoms with van der Waals surface area (Å²) in [4.78, 5) is 12.5. The molecule has 1 amide bonds. The van der Waals surface area contributed by atoms with E-state index in [-0.39, 0.29) is 10.8 Å². The maximum atomic E-state index is 12.5. The molecule has 0 bridgehead atoms. The molecule has 1 aromatic heterocycles. The van der Waals surface area contributed by atoms with E-state index in [1.54, 1.807) is 13.0 Å². The summed E-state index contributed by atoms with van der Waals surface area (Å²) in [6.07, 6.45) is 0. The van der Waals surface area contributed by atoms with E-state index >= 15 is 0 Å². The third-order valence-corrected chi connectivity index (χ3v) is 4.87. The minimum absolute atomic E-state index is 0.0170. The second kappa shape index (κ2) is 6.78. The van der Waals surface area contributed by atoms with Gasteiger partial charge < -0.3 is 9.73 Å². The monoisotopic (exact) mass is 370 g/mol. The van der Waals surface area contributed by atoms with Crippen molar-refractivity contribution in [3.8, 4) is 11.3 Å². The molecule has 0 aliphatic rings. The number of carbonyl (C=O) groups excluding carboxylic acids is 1. The van der Waals surface area contributed by atoms with E-state index in [2.05, 4.69) is 5.32 Å². The second-order valence-electron chi connectivity index (χ2n) is 5.97. The molecule has 0 saturated heterocycles. The lowest BCUT2D eigenvalue weighted by Gasteiger charge is -2.05. The summed E-state index contributed by atoms with van der Waals surface area (Å²) < 4.78 is 28.2. The number of hydrogen-bond donors (Lipinski definition) is 2. The van der Waals surface area contributed by atoms with Crippen LogP contribution in [0.2, 0.25) is 0 Å². The molecule has 0 atom stereocenters. The fraction of sp³-hybridized carbons (Fsp3) is 0.105. The maximum Gasteiger partial charge on any atom is 0.259 e. The van der Waals surface area contributed by atoms with Gasteiger partial charge in [-0.25, -0.2) is 13.6 Å². The van der Waals surface area contributed by atoms with Gasteiger partial charge in [-0.05, 0) is 44.2 Å². The van der Waals surface area contributed by atoms with Crippen LogP contribution in [0.25, 0.3) is 11.3 Å². The molecular weight excluding hydrogens is 352 g/mol. The lowest BCUT2D eigenvalue weighted by atomic mass is 10.1. The minimum Gasteiger partial charge on any atom is -0.461 e. The lowest BCUT2D eigenvalue weighted by molar-refractivity contribution is 0.102. The molecule has 1 heterocycles. The molecule has 3 N–H and O–H groups in total. The number of rotatable bonds is 4. The number of aryl methyl sites for hydroxylation is 2. The Balaban J connectivity index is 1.81. The van der Waals surface area contributed by atoms with Crippen molar-refractivity contribution in [1.82, 2.24) is 0 Å². The van der Waals surface area contributed by atoms with E-state index in [0.29, 0.717) is 22.8 Å². The van der Waals surface area contributed by atoms with Crippen molar-refractivity contribution in [3.05, 3.63) is 71.5 Å². The number of primary sulfonamides is 1. The Bertz CT molecular complexity index is 1050. The smallest absolute Gasteiger partial charge is 0.259 e. The highest BCUT2D eigenvalue weighted by Gasteiger charge is 2.16.